The molecule has 1 aromatic rings. The van der Waals surface area contributed by atoms with Crippen LogP contribution in [0.15, 0.2) is 6.20 Å². The zero-order valence-corrected chi connectivity index (χ0v) is 12.4. The predicted octanol–water partition coefficient (Wildman–Crippen LogP) is 4.32. The third-order valence-corrected chi connectivity index (χ3v) is 5.83. The van der Waals surface area contributed by atoms with Gasteiger partial charge in [-0.3, -0.25) is 4.79 Å². The Morgan fingerprint density at radius 3 is 2.68 bits per heavy atom. The number of hydrogen-bond acceptors (Lipinski definition) is 3. The lowest BCUT2D eigenvalue weighted by molar-refractivity contribution is -0.128. The number of anilines is 1. The average Bonchev–Trinajstić information content (AvgIpc) is 2.85. The highest BCUT2D eigenvalue weighted by atomic mass is 32.1. The Hall–Kier alpha value is -0.900. The van der Waals surface area contributed by atoms with E-state index in [0.29, 0.717) is 5.92 Å². The van der Waals surface area contributed by atoms with Gasteiger partial charge in [-0.15, -0.1) is 11.3 Å². The number of carbonyl (C=O) groups is 1. The maximum Gasteiger partial charge on any atom is 0.232 e. The summed E-state index contributed by atoms with van der Waals surface area (Å²) in [5.74, 6) is 0.833. The maximum absolute atomic E-state index is 12.2. The molecule has 0 aromatic carbocycles. The van der Waals surface area contributed by atoms with Gasteiger partial charge in [0.05, 0.1) is 0 Å². The summed E-state index contributed by atoms with van der Waals surface area (Å²) in [6.45, 7) is 2.06. The molecule has 2 aliphatic carbocycles. The van der Waals surface area contributed by atoms with Crippen molar-refractivity contribution in [2.24, 2.45) is 5.41 Å². The first kappa shape index (κ1) is 13.1. The van der Waals surface area contributed by atoms with Crippen molar-refractivity contribution < 1.29 is 4.79 Å². The highest BCUT2D eigenvalue weighted by molar-refractivity contribution is 7.15. The molecule has 0 radical (unpaired) electrons. The molecule has 1 heterocycles. The van der Waals surface area contributed by atoms with Crippen LogP contribution in [0.1, 0.15) is 69.1 Å². The van der Waals surface area contributed by atoms with Gasteiger partial charge >= 0.3 is 0 Å². The van der Waals surface area contributed by atoms with E-state index in [2.05, 4.69) is 17.2 Å². The van der Waals surface area contributed by atoms with E-state index >= 15 is 0 Å². The normalized spacial score (nSPS) is 22.8. The molecule has 104 valence electrons. The van der Waals surface area contributed by atoms with Gasteiger partial charge in [-0.25, -0.2) is 4.98 Å². The van der Waals surface area contributed by atoms with Crippen molar-refractivity contribution in [3.8, 4) is 0 Å². The molecule has 0 bridgehead atoms. The first-order chi connectivity index (χ1) is 9.17. The number of thiazole rings is 1. The van der Waals surface area contributed by atoms with Crippen LogP contribution >= 0.6 is 11.3 Å². The monoisotopic (exact) mass is 278 g/mol. The minimum absolute atomic E-state index is 0.142. The van der Waals surface area contributed by atoms with Gasteiger partial charge < -0.3 is 5.32 Å². The second-order valence-corrected chi connectivity index (χ2v) is 7.33. The van der Waals surface area contributed by atoms with Crippen LogP contribution in [-0.4, -0.2) is 10.9 Å². The Balaban J connectivity index is 1.62. The molecule has 0 spiro atoms. The second kappa shape index (κ2) is 5.23. The molecule has 2 saturated carbocycles. The zero-order chi connectivity index (χ0) is 13.3. The van der Waals surface area contributed by atoms with Crippen molar-refractivity contribution in [2.45, 2.75) is 64.2 Å². The number of rotatable bonds is 3. The fourth-order valence-corrected chi connectivity index (χ4v) is 4.08. The summed E-state index contributed by atoms with van der Waals surface area (Å²) in [4.78, 5) is 17.9. The van der Waals surface area contributed by atoms with Crippen LogP contribution in [0.4, 0.5) is 5.13 Å². The predicted molar refractivity (Wildman–Crippen MR) is 78.5 cm³/mol. The van der Waals surface area contributed by atoms with Gasteiger partial charge in [0.25, 0.3) is 0 Å². The fourth-order valence-electron chi connectivity index (χ4n) is 3.10. The standard InChI is InChI=1S/C15H22N2OS/c1-15(8-5-9-15)13(18)17-14-16-10-12(19-14)11-6-3-2-4-7-11/h10-11H,2-9H2,1H3,(H,16,17,18). The quantitative estimate of drug-likeness (QED) is 0.894. The third kappa shape index (κ3) is 2.69. The minimum Gasteiger partial charge on any atom is -0.301 e. The van der Waals surface area contributed by atoms with E-state index in [4.69, 9.17) is 0 Å². The van der Waals surface area contributed by atoms with E-state index < -0.39 is 0 Å². The Kier molecular flexibility index (Phi) is 3.61. The average molecular weight is 278 g/mol. The van der Waals surface area contributed by atoms with Gasteiger partial charge in [-0.05, 0) is 31.6 Å². The first-order valence-electron chi connectivity index (χ1n) is 7.45. The number of nitrogens with one attached hydrogen (secondary N) is 1. The lowest BCUT2D eigenvalue weighted by atomic mass is 9.70. The molecule has 4 heteroatoms. The Bertz CT molecular complexity index is 458. The largest absolute Gasteiger partial charge is 0.301 e. The summed E-state index contributed by atoms with van der Waals surface area (Å²) in [7, 11) is 0. The lowest BCUT2D eigenvalue weighted by Gasteiger charge is -2.36. The Labute approximate surface area is 118 Å². The highest BCUT2D eigenvalue weighted by Crippen LogP contribution is 2.42. The van der Waals surface area contributed by atoms with Crippen LogP contribution in [0.5, 0.6) is 0 Å². The highest BCUT2D eigenvalue weighted by Gasteiger charge is 2.39. The Morgan fingerprint density at radius 2 is 2.05 bits per heavy atom. The van der Waals surface area contributed by atoms with Crippen LogP contribution in [0, 0.1) is 5.41 Å². The van der Waals surface area contributed by atoms with E-state index in [-0.39, 0.29) is 11.3 Å². The Morgan fingerprint density at radius 1 is 1.32 bits per heavy atom. The van der Waals surface area contributed by atoms with Crippen molar-refractivity contribution in [1.82, 2.24) is 4.98 Å². The molecule has 3 nitrogen and oxygen atoms in total. The van der Waals surface area contributed by atoms with E-state index in [1.165, 1.54) is 43.4 Å². The third-order valence-electron chi connectivity index (χ3n) is 4.76. The molecule has 0 aliphatic heterocycles. The van der Waals surface area contributed by atoms with Gasteiger partial charge in [0.1, 0.15) is 0 Å². The molecule has 1 aromatic heterocycles. The second-order valence-electron chi connectivity index (χ2n) is 6.27. The van der Waals surface area contributed by atoms with Gasteiger partial charge in [-0.2, -0.15) is 0 Å². The van der Waals surface area contributed by atoms with Crippen molar-refractivity contribution in [3.05, 3.63) is 11.1 Å². The summed E-state index contributed by atoms with van der Waals surface area (Å²) in [5, 5.41) is 3.80. The summed E-state index contributed by atoms with van der Waals surface area (Å²) in [6, 6.07) is 0. The van der Waals surface area contributed by atoms with Crippen LogP contribution in [0.25, 0.3) is 0 Å². The molecule has 2 fully saturated rings. The number of carbonyl (C=O) groups excluding carboxylic acids is 1. The summed E-state index contributed by atoms with van der Waals surface area (Å²) in [6.07, 6.45) is 11.8. The van der Waals surface area contributed by atoms with Gasteiger partial charge in [0.2, 0.25) is 5.91 Å². The molecule has 2 aliphatic rings. The first-order valence-corrected chi connectivity index (χ1v) is 8.26. The zero-order valence-electron chi connectivity index (χ0n) is 11.6. The summed E-state index contributed by atoms with van der Waals surface area (Å²) >= 11 is 1.68. The van der Waals surface area contributed by atoms with Crippen LogP contribution in [0.2, 0.25) is 0 Å². The molecule has 0 saturated heterocycles. The number of nitrogens with zero attached hydrogens (tertiary/aromatic N) is 1. The molecular formula is C15H22N2OS. The van der Waals surface area contributed by atoms with Crippen molar-refractivity contribution in [3.63, 3.8) is 0 Å². The number of aromatic nitrogens is 1. The number of hydrogen-bond donors (Lipinski definition) is 1. The van der Waals surface area contributed by atoms with Crippen LogP contribution < -0.4 is 5.32 Å². The fraction of sp³-hybridized carbons (Fsp3) is 0.733. The van der Waals surface area contributed by atoms with E-state index in [9.17, 15) is 4.79 Å². The van der Waals surface area contributed by atoms with E-state index in [0.717, 1.165) is 18.0 Å². The van der Waals surface area contributed by atoms with Crippen molar-refractivity contribution in [2.75, 3.05) is 5.32 Å². The lowest BCUT2D eigenvalue weighted by Crippen LogP contribution is -2.39. The van der Waals surface area contributed by atoms with Gasteiger partial charge in [-0.1, -0.05) is 32.6 Å². The molecule has 1 N–H and O–H groups in total. The smallest absolute Gasteiger partial charge is 0.232 e. The van der Waals surface area contributed by atoms with Crippen molar-refractivity contribution >= 4 is 22.4 Å². The molecular weight excluding hydrogens is 256 g/mol. The van der Waals surface area contributed by atoms with Gasteiger partial charge in [0, 0.05) is 16.5 Å². The van der Waals surface area contributed by atoms with Crippen LogP contribution in [0.3, 0.4) is 0 Å². The van der Waals surface area contributed by atoms with E-state index in [1.807, 2.05) is 6.20 Å². The van der Waals surface area contributed by atoms with Crippen LogP contribution in [-0.2, 0) is 4.79 Å². The molecule has 0 atom stereocenters. The molecule has 19 heavy (non-hydrogen) atoms. The number of amides is 1. The minimum atomic E-state index is -0.142. The van der Waals surface area contributed by atoms with E-state index in [1.54, 1.807) is 11.3 Å². The maximum atomic E-state index is 12.2. The topological polar surface area (TPSA) is 42.0 Å². The molecule has 3 rings (SSSR count). The summed E-state index contributed by atoms with van der Waals surface area (Å²) < 4.78 is 0. The molecule has 0 unspecified atom stereocenters. The SMILES string of the molecule is CC1(C(=O)Nc2ncc(C3CCCCC3)s2)CCC1. The summed E-state index contributed by atoms with van der Waals surface area (Å²) in [5.41, 5.74) is -0.142. The van der Waals surface area contributed by atoms with Crippen molar-refractivity contribution in [1.29, 1.82) is 0 Å². The molecule has 1 amide bonds. The van der Waals surface area contributed by atoms with Gasteiger partial charge in [0.15, 0.2) is 5.13 Å².